The quantitative estimate of drug-likeness (QED) is 0.753. The molecule has 15 heavy (non-hydrogen) atoms. The summed E-state index contributed by atoms with van der Waals surface area (Å²) in [5.41, 5.74) is 1.12. The Balaban J connectivity index is 2.08. The van der Waals surface area contributed by atoms with Gasteiger partial charge in [0.1, 0.15) is 6.61 Å². The molecular weight excluding hydrogens is 188 g/mol. The van der Waals surface area contributed by atoms with Crippen molar-refractivity contribution in [1.82, 2.24) is 9.63 Å². The summed E-state index contributed by atoms with van der Waals surface area (Å²) >= 11 is 0. The van der Waals surface area contributed by atoms with E-state index in [1.54, 1.807) is 0 Å². The molecule has 0 radical (unpaired) electrons. The number of hydrogen-bond acceptors (Lipinski definition) is 2. The maximum absolute atomic E-state index is 5.65. The zero-order chi connectivity index (χ0) is 10.7. The summed E-state index contributed by atoms with van der Waals surface area (Å²) in [5.74, 6) is 0. The highest BCUT2D eigenvalue weighted by Crippen LogP contribution is 2.13. The van der Waals surface area contributed by atoms with Crippen LogP contribution in [0.15, 0.2) is 36.5 Å². The summed E-state index contributed by atoms with van der Waals surface area (Å²) in [5, 5.41) is 1.21. The van der Waals surface area contributed by atoms with Crippen LogP contribution in [0.5, 0.6) is 0 Å². The molecule has 1 aromatic carbocycles. The molecule has 3 heteroatoms. The molecule has 1 heterocycles. The van der Waals surface area contributed by atoms with E-state index in [4.69, 9.17) is 4.84 Å². The molecule has 1 aromatic heterocycles. The van der Waals surface area contributed by atoms with E-state index in [9.17, 15) is 0 Å². The molecule has 0 fully saturated rings. The first-order valence-electron chi connectivity index (χ1n) is 5.11. The second-order valence-electron chi connectivity index (χ2n) is 3.84. The maximum Gasteiger partial charge on any atom is 0.127 e. The molecule has 0 bridgehead atoms. The third-order valence-corrected chi connectivity index (χ3v) is 2.33. The van der Waals surface area contributed by atoms with Gasteiger partial charge >= 0.3 is 0 Å². The molecule has 80 valence electrons. The SMILES string of the molecule is CN(C)CCOn1ccc2ccccc21. The smallest absolute Gasteiger partial charge is 0.127 e. The van der Waals surface area contributed by atoms with Gasteiger partial charge in [0.05, 0.1) is 5.52 Å². The van der Waals surface area contributed by atoms with Crippen LogP contribution < -0.4 is 4.84 Å². The lowest BCUT2D eigenvalue weighted by molar-refractivity contribution is 0.106. The van der Waals surface area contributed by atoms with Crippen molar-refractivity contribution in [2.75, 3.05) is 27.2 Å². The van der Waals surface area contributed by atoms with Crippen molar-refractivity contribution in [2.24, 2.45) is 0 Å². The first kappa shape index (κ1) is 10.1. The summed E-state index contributed by atoms with van der Waals surface area (Å²) < 4.78 is 1.83. The molecule has 2 aromatic rings. The van der Waals surface area contributed by atoms with Gasteiger partial charge in [-0.1, -0.05) is 18.2 Å². The average Bonchev–Trinajstić information content (AvgIpc) is 2.62. The predicted octanol–water partition coefficient (Wildman–Crippen LogP) is 1.63. The van der Waals surface area contributed by atoms with Crippen molar-refractivity contribution in [3.8, 4) is 0 Å². The molecular formula is C12H16N2O. The summed E-state index contributed by atoms with van der Waals surface area (Å²) in [4.78, 5) is 7.75. The Labute approximate surface area is 89.8 Å². The zero-order valence-corrected chi connectivity index (χ0v) is 9.18. The normalized spacial score (nSPS) is 11.1. The Kier molecular flexibility index (Phi) is 2.92. The lowest BCUT2D eigenvalue weighted by Gasteiger charge is -2.11. The fraction of sp³-hybridized carbons (Fsp3) is 0.333. The van der Waals surface area contributed by atoms with Crippen LogP contribution >= 0.6 is 0 Å². The van der Waals surface area contributed by atoms with Crippen LogP contribution in [0.1, 0.15) is 0 Å². The van der Waals surface area contributed by atoms with Gasteiger partial charge in [-0.25, -0.2) is 0 Å². The fourth-order valence-electron chi connectivity index (χ4n) is 1.49. The van der Waals surface area contributed by atoms with Gasteiger partial charge in [0.15, 0.2) is 0 Å². The van der Waals surface area contributed by atoms with Gasteiger partial charge in [-0.2, -0.15) is 4.73 Å². The van der Waals surface area contributed by atoms with Gasteiger partial charge in [-0.15, -0.1) is 0 Å². The number of para-hydroxylation sites is 1. The molecule has 0 amide bonds. The van der Waals surface area contributed by atoms with E-state index < -0.39 is 0 Å². The summed E-state index contributed by atoms with van der Waals surface area (Å²) in [7, 11) is 4.08. The van der Waals surface area contributed by atoms with Crippen LogP contribution in [0.3, 0.4) is 0 Å². The number of fused-ring (bicyclic) bond motifs is 1. The van der Waals surface area contributed by atoms with Crippen molar-refractivity contribution in [3.05, 3.63) is 36.5 Å². The largest absolute Gasteiger partial charge is 0.412 e. The van der Waals surface area contributed by atoms with Crippen molar-refractivity contribution in [2.45, 2.75) is 0 Å². The molecule has 0 saturated carbocycles. The minimum atomic E-state index is 0.700. The van der Waals surface area contributed by atoms with Crippen molar-refractivity contribution < 1.29 is 4.84 Å². The third kappa shape index (κ3) is 2.30. The average molecular weight is 204 g/mol. The highest BCUT2D eigenvalue weighted by atomic mass is 16.7. The molecule has 0 aliphatic carbocycles. The third-order valence-electron chi connectivity index (χ3n) is 2.33. The number of nitrogens with zero attached hydrogens (tertiary/aromatic N) is 2. The topological polar surface area (TPSA) is 17.4 Å². The number of benzene rings is 1. The summed E-state index contributed by atoms with van der Waals surface area (Å²) in [6.07, 6.45) is 1.96. The Morgan fingerprint density at radius 3 is 2.80 bits per heavy atom. The summed E-state index contributed by atoms with van der Waals surface area (Å²) in [6.45, 7) is 1.62. The molecule has 2 rings (SSSR count). The van der Waals surface area contributed by atoms with E-state index in [0.717, 1.165) is 12.1 Å². The Hall–Kier alpha value is -1.48. The second-order valence-corrected chi connectivity index (χ2v) is 3.84. The van der Waals surface area contributed by atoms with Crippen LogP contribution in [0.4, 0.5) is 0 Å². The van der Waals surface area contributed by atoms with E-state index in [1.165, 1.54) is 5.39 Å². The molecule has 0 N–H and O–H groups in total. The minimum absolute atomic E-state index is 0.700. The highest BCUT2D eigenvalue weighted by molar-refractivity contribution is 5.79. The van der Waals surface area contributed by atoms with Crippen LogP contribution in [0.25, 0.3) is 10.9 Å². The van der Waals surface area contributed by atoms with Gasteiger partial charge in [-0.3, -0.25) is 0 Å². The predicted molar refractivity (Wildman–Crippen MR) is 61.9 cm³/mol. The van der Waals surface area contributed by atoms with E-state index in [0.29, 0.717) is 6.61 Å². The van der Waals surface area contributed by atoms with E-state index in [2.05, 4.69) is 23.1 Å². The fourth-order valence-corrected chi connectivity index (χ4v) is 1.49. The number of rotatable bonds is 4. The van der Waals surface area contributed by atoms with Gasteiger partial charge in [0.25, 0.3) is 0 Å². The zero-order valence-electron chi connectivity index (χ0n) is 9.18. The van der Waals surface area contributed by atoms with Crippen LogP contribution in [-0.2, 0) is 0 Å². The first-order valence-corrected chi connectivity index (χ1v) is 5.11. The number of aromatic nitrogens is 1. The Morgan fingerprint density at radius 1 is 1.20 bits per heavy atom. The highest BCUT2D eigenvalue weighted by Gasteiger charge is 1.99. The maximum atomic E-state index is 5.65. The standard InChI is InChI=1S/C12H16N2O/c1-13(2)9-10-15-14-8-7-11-5-3-4-6-12(11)14/h3-8H,9-10H2,1-2H3. The minimum Gasteiger partial charge on any atom is -0.412 e. The van der Waals surface area contributed by atoms with Crippen molar-refractivity contribution >= 4 is 10.9 Å². The van der Waals surface area contributed by atoms with Crippen LogP contribution in [-0.4, -0.2) is 36.9 Å². The molecule has 0 unspecified atom stereocenters. The number of hydrogen-bond donors (Lipinski definition) is 0. The Morgan fingerprint density at radius 2 is 2.00 bits per heavy atom. The molecule has 3 nitrogen and oxygen atoms in total. The molecule has 0 spiro atoms. The van der Waals surface area contributed by atoms with Crippen molar-refractivity contribution in [1.29, 1.82) is 0 Å². The van der Waals surface area contributed by atoms with Gasteiger partial charge in [0.2, 0.25) is 0 Å². The molecule has 0 atom stereocenters. The molecule has 0 saturated heterocycles. The van der Waals surface area contributed by atoms with E-state index in [-0.39, 0.29) is 0 Å². The first-order chi connectivity index (χ1) is 7.27. The lowest BCUT2D eigenvalue weighted by Crippen LogP contribution is -2.23. The molecule has 0 aliphatic rings. The number of likely N-dealkylation sites (N-methyl/N-ethyl adjacent to an activating group) is 1. The van der Waals surface area contributed by atoms with Crippen LogP contribution in [0, 0.1) is 0 Å². The summed E-state index contributed by atoms with van der Waals surface area (Å²) in [6, 6.07) is 10.3. The lowest BCUT2D eigenvalue weighted by atomic mass is 10.3. The Bertz CT molecular complexity index is 434. The van der Waals surface area contributed by atoms with Crippen LogP contribution in [0.2, 0.25) is 0 Å². The van der Waals surface area contributed by atoms with E-state index >= 15 is 0 Å². The monoisotopic (exact) mass is 204 g/mol. The van der Waals surface area contributed by atoms with E-state index in [1.807, 2.05) is 37.2 Å². The van der Waals surface area contributed by atoms with Gasteiger partial charge in [0, 0.05) is 18.1 Å². The second kappa shape index (κ2) is 4.36. The van der Waals surface area contributed by atoms with Gasteiger partial charge in [-0.05, 0) is 26.2 Å². The van der Waals surface area contributed by atoms with Gasteiger partial charge < -0.3 is 9.74 Å². The van der Waals surface area contributed by atoms with Crippen molar-refractivity contribution in [3.63, 3.8) is 0 Å². The molecule has 0 aliphatic heterocycles.